The summed E-state index contributed by atoms with van der Waals surface area (Å²) in [4.78, 5) is 31.4. The van der Waals surface area contributed by atoms with Gasteiger partial charge in [0.15, 0.2) is 0 Å². The van der Waals surface area contributed by atoms with Crippen molar-refractivity contribution in [1.82, 2.24) is 15.3 Å². The molecule has 2 heterocycles. The minimum Gasteiger partial charge on any atom is -0.462 e. The van der Waals surface area contributed by atoms with E-state index < -0.39 is 5.97 Å². The molecule has 0 fully saturated rings. The van der Waals surface area contributed by atoms with Gasteiger partial charge in [0.05, 0.1) is 24.4 Å². The van der Waals surface area contributed by atoms with Crippen LogP contribution in [-0.2, 0) is 11.3 Å². The Kier molecular flexibility index (Phi) is 4.88. The zero-order valence-corrected chi connectivity index (χ0v) is 14.0. The standard InChI is InChI=1S/C16H21N3O4/c1-6-22-16(21)13-8(2)14(19-10(13)4)15(20)17-7-12-18-9(3)11(5)23-12/h19H,6-7H2,1-5H3,(H,17,20). The van der Waals surface area contributed by atoms with Gasteiger partial charge in [0, 0.05) is 5.69 Å². The van der Waals surface area contributed by atoms with Gasteiger partial charge in [-0.2, -0.15) is 0 Å². The molecular formula is C16H21N3O4. The molecule has 2 rings (SSSR count). The van der Waals surface area contributed by atoms with Crippen LogP contribution in [0.3, 0.4) is 0 Å². The predicted molar refractivity (Wildman–Crippen MR) is 83.4 cm³/mol. The number of hydrogen-bond acceptors (Lipinski definition) is 5. The number of aryl methyl sites for hydroxylation is 3. The fourth-order valence-corrected chi connectivity index (χ4v) is 2.35. The minimum absolute atomic E-state index is 0.180. The Labute approximate surface area is 134 Å². The topological polar surface area (TPSA) is 97.2 Å². The summed E-state index contributed by atoms with van der Waals surface area (Å²) in [5.74, 6) is 0.414. The van der Waals surface area contributed by atoms with Crippen LogP contribution in [0.4, 0.5) is 0 Å². The first-order chi connectivity index (χ1) is 10.8. The number of ether oxygens (including phenoxy) is 1. The lowest BCUT2D eigenvalue weighted by atomic mass is 10.1. The van der Waals surface area contributed by atoms with E-state index in [9.17, 15) is 9.59 Å². The molecule has 2 aromatic heterocycles. The second-order valence-electron chi connectivity index (χ2n) is 5.28. The van der Waals surface area contributed by atoms with Gasteiger partial charge >= 0.3 is 5.97 Å². The number of hydrogen-bond donors (Lipinski definition) is 2. The summed E-state index contributed by atoms with van der Waals surface area (Å²) in [5.41, 5.74) is 2.71. The van der Waals surface area contributed by atoms with Crippen LogP contribution in [0.2, 0.25) is 0 Å². The molecule has 2 N–H and O–H groups in total. The number of esters is 1. The van der Waals surface area contributed by atoms with E-state index in [2.05, 4.69) is 15.3 Å². The lowest BCUT2D eigenvalue weighted by molar-refractivity contribution is 0.0525. The first-order valence-electron chi connectivity index (χ1n) is 7.42. The van der Waals surface area contributed by atoms with Crippen molar-refractivity contribution in [3.8, 4) is 0 Å². The first kappa shape index (κ1) is 16.8. The van der Waals surface area contributed by atoms with Gasteiger partial charge in [-0.15, -0.1) is 0 Å². The molecular weight excluding hydrogens is 298 g/mol. The van der Waals surface area contributed by atoms with E-state index in [0.717, 1.165) is 11.5 Å². The van der Waals surface area contributed by atoms with Crippen LogP contribution in [0.15, 0.2) is 4.42 Å². The van der Waals surface area contributed by atoms with Gasteiger partial charge in [0.25, 0.3) is 5.91 Å². The van der Waals surface area contributed by atoms with E-state index in [1.165, 1.54) is 0 Å². The molecule has 2 aromatic rings. The molecule has 0 aliphatic rings. The summed E-state index contributed by atoms with van der Waals surface area (Å²) in [6, 6.07) is 0. The summed E-state index contributed by atoms with van der Waals surface area (Å²) in [6.07, 6.45) is 0. The van der Waals surface area contributed by atoms with Crippen LogP contribution in [-0.4, -0.2) is 28.5 Å². The fraction of sp³-hybridized carbons (Fsp3) is 0.438. The Bertz CT molecular complexity index is 723. The lowest BCUT2D eigenvalue weighted by Crippen LogP contribution is -2.24. The Morgan fingerprint density at radius 2 is 1.96 bits per heavy atom. The Morgan fingerprint density at radius 3 is 2.52 bits per heavy atom. The number of amides is 1. The van der Waals surface area contributed by atoms with Gasteiger partial charge in [-0.3, -0.25) is 4.79 Å². The molecule has 0 aliphatic heterocycles. The van der Waals surface area contributed by atoms with E-state index in [1.807, 2.05) is 13.8 Å². The lowest BCUT2D eigenvalue weighted by Gasteiger charge is -2.03. The summed E-state index contributed by atoms with van der Waals surface area (Å²) < 4.78 is 10.4. The van der Waals surface area contributed by atoms with Gasteiger partial charge in [-0.05, 0) is 40.2 Å². The molecule has 0 bridgehead atoms. The van der Waals surface area contributed by atoms with Crippen molar-refractivity contribution >= 4 is 11.9 Å². The molecule has 0 saturated heterocycles. The maximum atomic E-state index is 12.3. The van der Waals surface area contributed by atoms with Crippen molar-refractivity contribution in [3.05, 3.63) is 39.9 Å². The highest BCUT2D eigenvalue weighted by molar-refractivity contribution is 6.00. The summed E-state index contributed by atoms with van der Waals surface area (Å²) in [5, 5.41) is 2.73. The molecule has 23 heavy (non-hydrogen) atoms. The van der Waals surface area contributed by atoms with E-state index in [-0.39, 0.29) is 19.1 Å². The van der Waals surface area contributed by atoms with Crippen molar-refractivity contribution in [2.45, 2.75) is 41.2 Å². The van der Waals surface area contributed by atoms with Gasteiger partial charge < -0.3 is 19.5 Å². The number of aromatic nitrogens is 2. The summed E-state index contributed by atoms with van der Waals surface area (Å²) >= 11 is 0. The molecule has 0 spiro atoms. The Hall–Kier alpha value is -2.57. The van der Waals surface area contributed by atoms with E-state index >= 15 is 0 Å². The molecule has 0 aliphatic carbocycles. The number of nitrogens with one attached hydrogen (secondary N) is 2. The average Bonchev–Trinajstić information content (AvgIpc) is 2.96. The number of nitrogens with zero attached hydrogens (tertiary/aromatic N) is 1. The highest BCUT2D eigenvalue weighted by atomic mass is 16.5. The van der Waals surface area contributed by atoms with E-state index in [4.69, 9.17) is 9.15 Å². The number of rotatable bonds is 5. The van der Waals surface area contributed by atoms with Gasteiger partial charge in [-0.1, -0.05) is 0 Å². The second kappa shape index (κ2) is 6.68. The summed E-state index contributed by atoms with van der Waals surface area (Å²) in [6.45, 7) is 9.31. The zero-order chi connectivity index (χ0) is 17.1. The van der Waals surface area contributed by atoms with Crippen molar-refractivity contribution < 1.29 is 18.7 Å². The van der Waals surface area contributed by atoms with Gasteiger partial charge in [0.1, 0.15) is 11.5 Å². The van der Waals surface area contributed by atoms with Crippen molar-refractivity contribution in [2.75, 3.05) is 6.61 Å². The monoisotopic (exact) mass is 319 g/mol. The van der Waals surface area contributed by atoms with Crippen LogP contribution >= 0.6 is 0 Å². The molecule has 7 nitrogen and oxygen atoms in total. The van der Waals surface area contributed by atoms with Gasteiger partial charge in [0.2, 0.25) is 5.89 Å². The third-order valence-corrected chi connectivity index (χ3v) is 3.62. The van der Waals surface area contributed by atoms with Crippen LogP contribution in [0, 0.1) is 27.7 Å². The SMILES string of the molecule is CCOC(=O)c1c(C)[nH]c(C(=O)NCc2nc(C)c(C)o2)c1C. The molecule has 0 unspecified atom stereocenters. The highest BCUT2D eigenvalue weighted by Crippen LogP contribution is 2.19. The Balaban J connectivity index is 2.13. The van der Waals surface area contributed by atoms with Crippen LogP contribution < -0.4 is 5.32 Å². The molecule has 1 amide bonds. The molecule has 124 valence electrons. The van der Waals surface area contributed by atoms with Crippen LogP contribution in [0.25, 0.3) is 0 Å². The number of H-pyrrole nitrogens is 1. The third-order valence-electron chi connectivity index (χ3n) is 3.62. The van der Waals surface area contributed by atoms with E-state index in [1.54, 1.807) is 20.8 Å². The minimum atomic E-state index is -0.434. The first-order valence-corrected chi connectivity index (χ1v) is 7.42. The third kappa shape index (κ3) is 3.44. The quantitative estimate of drug-likeness (QED) is 0.824. The molecule has 0 atom stereocenters. The molecule has 7 heteroatoms. The number of oxazole rings is 1. The van der Waals surface area contributed by atoms with Crippen LogP contribution in [0.1, 0.15) is 56.4 Å². The second-order valence-corrected chi connectivity index (χ2v) is 5.28. The number of aromatic amines is 1. The smallest absolute Gasteiger partial charge is 0.340 e. The average molecular weight is 319 g/mol. The predicted octanol–water partition coefficient (Wildman–Crippen LogP) is 2.34. The number of carbonyl (C=O) groups excluding carboxylic acids is 2. The molecule has 0 radical (unpaired) electrons. The van der Waals surface area contributed by atoms with Gasteiger partial charge in [-0.25, -0.2) is 9.78 Å². The fourth-order valence-electron chi connectivity index (χ4n) is 2.35. The maximum Gasteiger partial charge on any atom is 0.340 e. The maximum absolute atomic E-state index is 12.3. The van der Waals surface area contributed by atoms with Crippen molar-refractivity contribution in [3.63, 3.8) is 0 Å². The zero-order valence-electron chi connectivity index (χ0n) is 14.0. The summed E-state index contributed by atoms with van der Waals surface area (Å²) in [7, 11) is 0. The normalized spacial score (nSPS) is 10.7. The van der Waals surface area contributed by atoms with Crippen molar-refractivity contribution in [2.24, 2.45) is 0 Å². The van der Waals surface area contributed by atoms with Crippen LogP contribution in [0.5, 0.6) is 0 Å². The highest BCUT2D eigenvalue weighted by Gasteiger charge is 2.23. The molecule has 0 saturated carbocycles. The largest absolute Gasteiger partial charge is 0.462 e. The number of carbonyl (C=O) groups is 2. The Morgan fingerprint density at radius 1 is 1.26 bits per heavy atom. The van der Waals surface area contributed by atoms with Crippen molar-refractivity contribution in [1.29, 1.82) is 0 Å². The van der Waals surface area contributed by atoms with E-state index in [0.29, 0.717) is 28.4 Å². The molecule has 0 aromatic carbocycles.